The van der Waals surface area contributed by atoms with Gasteiger partial charge in [-0.3, -0.25) is 9.48 Å². The van der Waals surface area contributed by atoms with Gasteiger partial charge < -0.3 is 4.74 Å². The van der Waals surface area contributed by atoms with Crippen LogP contribution in [0.5, 0.6) is 0 Å². The van der Waals surface area contributed by atoms with Gasteiger partial charge in [-0.1, -0.05) is 0 Å². The van der Waals surface area contributed by atoms with Crippen molar-refractivity contribution < 1.29 is 9.53 Å². The van der Waals surface area contributed by atoms with Gasteiger partial charge in [0.2, 0.25) is 0 Å². The first-order chi connectivity index (χ1) is 6.79. The minimum absolute atomic E-state index is 0.0270. The zero-order valence-electron chi connectivity index (χ0n) is 8.27. The van der Waals surface area contributed by atoms with Gasteiger partial charge in [-0.25, -0.2) is 0 Å². The zero-order valence-corrected chi connectivity index (χ0v) is 8.27. The van der Waals surface area contributed by atoms with E-state index in [1.807, 2.05) is 0 Å². The summed E-state index contributed by atoms with van der Waals surface area (Å²) in [5.41, 5.74) is 0.681. The molecule has 1 aromatic rings. The van der Waals surface area contributed by atoms with Gasteiger partial charge in [0.25, 0.3) is 0 Å². The van der Waals surface area contributed by atoms with Crippen LogP contribution in [0.2, 0.25) is 0 Å². The summed E-state index contributed by atoms with van der Waals surface area (Å²) in [5.74, 6) is 0.184. The summed E-state index contributed by atoms with van der Waals surface area (Å²) in [6.07, 6.45) is 3.56. The highest BCUT2D eigenvalue weighted by atomic mass is 16.5. The minimum atomic E-state index is 0.0270. The number of hydrogen-bond acceptors (Lipinski definition) is 3. The smallest absolute Gasteiger partial charge is 0.186 e. The lowest BCUT2D eigenvalue weighted by Gasteiger charge is -2.20. The summed E-state index contributed by atoms with van der Waals surface area (Å²) in [6.45, 7) is 1.35. The first-order valence-electron chi connectivity index (χ1n) is 4.89. The van der Waals surface area contributed by atoms with Crippen LogP contribution in [0, 0.1) is 5.92 Å². The Kier molecular flexibility index (Phi) is 2.63. The maximum Gasteiger partial charge on any atom is 0.186 e. The highest BCUT2D eigenvalue weighted by molar-refractivity contribution is 5.96. The third-order valence-electron chi connectivity index (χ3n) is 2.60. The maximum atomic E-state index is 11.9. The molecule has 0 amide bonds. The molecule has 1 aliphatic heterocycles. The number of carbonyl (C=O) groups excluding carboxylic acids is 1. The van der Waals surface area contributed by atoms with E-state index in [4.69, 9.17) is 4.74 Å². The van der Waals surface area contributed by atoms with Crippen molar-refractivity contribution in [2.75, 3.05) is 13.2 Å². The second-order valence-electron chi connectivity index (χ2n) is 3.62. The molecule has 0 radical (unpaired) electrons. The summed E-state index contributed by atoms with van der Waals surface area (Å²) in [7, 11) is 1.79. The lowest BCUT2D eigenvalue weighted by atomic mass is 9.95. The number of hydrogen-bond donors (Lipinski definition) is 0. The van der Waals surface area contributed by atoms with Crippen LogP contribution in [0.25, 0.3) is 0 Å². The summed E-state index contributed by atoms with van der Waals surface area (Å²) in [6, 6.07) is 1.76. The molecule has 4 nitrogen and oxygen atoms in total. The van der Waals surface area contributed by atoms with Gasteiger partial charge in [0, 0.05) is 25.8 Å². The van der Waals surface area contributed by atoms with Gasteiger partial charge in [0.1, 0.15) is 5.69 Å². The van der Waals surface area contributed by atoms with Gasteiger partial charge >= 0.3 is 0 Å². The van der Waals surface area contributed by atoms with Crippen LogP contribution in [-0.4, -0.2) is 28.8 Å². The van der Waals surface area contributed by atoms with Crippen LogP contribution < -0.4 is 0 Å². The largest absolute Gasteiger partial charge is 0.381 e. The fourth-order valence-corrected chi connectivity index (χ4v) is 1.77. The SMILES string of the molecule is Cn1nccc1C(=O)C1CCCOC1. The van der Waals surface area contributed by atoms with Crippen molar-refractivity contribution in [3.63, 3.8) is 0 Å². The third kappa shape index (κ3) is 1.70. The van der Waals surface area contributed by atoms with E-state index in [9.17, 15) is 4.79 Å². The number of aryl methyl sites for hydroxylation is 1. The van der Waals surface area contributed by atoms with E-state index in [0.717, 1.165) is 19.4 Å². The van der Waals surface area contributed by atoms with Crippen molar-refractivity contribution in [2.24, 2.45) is 13.0 Å². The molecule has 1 fully saturated rings. The number of carbonyl (C=O) groups is 1. The summed E-state index contributed by atoms with van der Waals surface area (Å²) in [4.78, 5) is 11.9. The van der Waals surface area contributed by atoms with Crippen molar-refractivity contribution in [3.8, 4) is 0 Å². The molecule has 0 spiro atoms. The Labute approximate surface area is 82.9 Å². The van der Waals surface area contributed by atoms with E-state index >= 15 is 0 Å². The van der Waals surface area contributed by atoms with Crippen LogP contribution in [0.1, 0.15) is 23.3 Å². The van der Waals surface area contributed by atoms with E-state index in [1.165, 1.54) is 0 Å². The number of nitrogens with zero attached hydrogens (tertiary/aromatic N) is 2. The van der Waals surface area contributed by atoms with Crippen molar-refractivity contribution in [3.05, 3.63) is 18.0 Å². The molecule has 0 N–H and O–H groups in total. The monoisotopic (exact) mass is 194 g/mol. The lowest BCUT2D eigenvalue weighted by Crippen LogP contribution is -2.26. The molecule has 0 bridgehead atoms. The molecule has 0 aromatic carbocycles. The molecule has 1 saturated heterocycles. The molecule has 2 rings (SSSR count). The number of ether oxygens (including phenoxy) is 1. The normalized spacial score (nSPS) is 22.2. The van der Waals surface area contributed by atoms with Crippen LogP contribution in [0.3, 0.4) is 0 Å². The van der Waals surface area contributed by atoms with Crippen LogP contribution in [0.15, 0.2) is 12.3 Å². The predicted molar refractivity (Wildman–Crippen MR) is 51.1 cm³/mol. The number of Topliss-reactive ketones (excluding diaryl/α,β-unsaturated/α-hetero) is 1. The predicted octanol–water partition coefficient (Wildman–Crippen LogP) is 1.03. The average molecular weight is 194 g/mol. The molecule has 0 aliphatic carbocycles. The maximum absolute atomic E-state index is 11.9. The topological polar surface area (TPSA) is 44.1 Å². The molecule has 0 saturated carbocycles. The van der Waals surface area contributed by atoms with E-state index in [-0.39, 0.29) is 11.7 Å². The minimum Gasteiger partial charge on any atom is -0.381 e. The van der Waals surface area contributed by atoms with Crippen molar-refractivity contribution in [1.29, 1.82) is 0 Å². The zero-order chi connectivity index (χ0) is 9.97. The first-order valence-corrected chi connectivity index (χ1v) is 4.89. The van der Waals surface area contributed by atoms with Crippen molar-refractivity contribution in [1.82, 2.24) is 9.78 Å². The van der Waals surface area contributed by atoms with E-state index in [1.54, 1.807) is 24.0 Å². The van der Waals surface area contributed by atoms with Crippen molar-refractivity contribution >= 4 is 5.78 Å². The molecule has 4 heteroatoms. The van der Waals surface area contributed by atoms with Gasteiger partial charge in [0.15, 0.2) is 5.78 Å². The summed E-state index contributed by atoms with van der Waals surface area (Å²) >= 11 is 0. The van der Waals surface area contributed by atoms with Gasteiger partial charge in [0.05, 0.1) is 6.61 Å². The second kappa shape index (κ2) is 3.92. The summed E-state index contributed by atoms with van der Waals surface area (Å²) < 4.78 is 6.91. The van der Waals surface area contributed by atoms with Crippen molar-refractivity contribution in [2.45, 2.75) is 12.8 Å². The van der Waals surface area contributed by atoms with Gasteiger partial charge in [-0.05, 0) is 18.9 Å². The Hall–Kier alpha value is -1.16. The van der Waals surface area contributed by atoms with Gasteiger partial charge in [-0.15, -0.1) is 0 Å². The fraction of sp³-hybridized carbons (Fsp3) is 0.600. The molecule has 1 unspecified atom stereocenters. The molecule has 1 aliphatic rings. The van der Waals surface area contributed by atoms with Crippen LogP contribution >= 0.6 is 0 Å². The van der Waals surface area contributed by atoms with Gasteiger partial charge in [-0.2, -0.15) is 5.10 Å². The number of rotatable bonds is 2. The Balaban J connectivity index is 2.11. The van der Waals surface area contributed by atoms with E-state index < -0.39 is 0 Å². The molecular formula is C10H14N2O2. The average Bonchev–Trinajstić information content (AvgIpc) is 2.65. The molecule has 1 atom stereocenters. The molecular weight excluding hydrogens is 180 g/mol. The van der Waals surface area contributed by atoms with Crippen LogP contribution in [0.4, 0.5) is 0 Å². The molecule has 2 heterocycles. The molecule has 76 valence electrons. The molecule has 14 heavy (non-hydrogen) atoms. The first kappa shape index (κ1) is 9.40. The second-order valence-corrected chi connectivity index (χ2v) is 3.62. The number of ketones is 1. The number of aromatic nitrogens is 2. The highest BCUT2D eigenvalue weighted by Crippen LogP contribution is 2.18. The Morgan fingerprint density at radius 3 is 3.14 bits per heavy atom. The Morgan fingerprint density at radius 1 is 1.71 bits per heavy atom. The lowest BCUT2D eigenvalue weighted by molar-refractivity contribution is 0.0455. The Morgan fingerprint density at radius 2 is 2.57 bits per heavy atom. The third-order valence-corrected chi connectivity index (χ3v) is 2.60. The quantitative estimate of drug-likeness (QED) is 0.660. The van der Waals surface area contributed by atoms with Crippen LogP contribution in [-0.2, 0) is 11.8 Å². The fourth-order valence-electron chi connectivity index (χ4n) is 1.77. The standard InChI is InChI=1S/C10H14N2O2/c1-12-9(4-5-11-12)10(13)8-3-2-6-14-7-8/h4-5,8H,2-3,6-7H2,1H3. The van der Waals surface area contributed by atoms with E-state index in [0.29, 0.717) is 12.3 Å². The van der Waals surface area contributed by atoms with E-state index in [2.05, 4.69) is 5.10 Å². The Bertz CT molecular complexity index is 327. The summed E-state index contributed by atoms with van der Waals surface area (Å²) in [5, 5.41) is 3.99. The highest BCUT2D eigenvalue weighted by Gasteiger charge is 2.24. The molecule has 1 aromatic heterocycles.